The van der Waals surface area contributed by atoms with Gasteiger partial charge in [0.25, 0.3) is 0 Å². The highest BCUT2D eigenvalue weighted by Gasteiger charge is 1.95. The van der Waals surface area contributed by atoms with Crippen LogP contribution in [0.2, 0.25) is 0 Å². The Kier molecular flexibility index (Phi) is 4.04. The lowest BCUT2D eigenvalue weighted by atomic mass is 10.3. The summed E-state index contributed by atoms with van der Waals surface area (Å²) in [5, 5.41) is 0. The molecule has 0 saturated carbocycles. The van der Waals surface area contributed by atoms with Crippen LogP contribution in [-0.2, 0) is 11.3 Å². The van der Waals surface area contributed by atoms with Gasteiger partial charge in [-0.25, -0.2) is 14.4 Å². The molecule has 0 aromatic carbocycles. The summed E-state index contributed by atoms with van der Waals surface area (Å²) >= 11 is 0. The molecule has 0 amide bonds. The van der Waals surface area contributed by atoms with Crippen LogP contribution in [0.4, 0.5) is 4.39 Å². The molecule has 0 fully saturated rings. The minimum atomic E-state index is -0.504. The van der Waals surface area contributed by atoms with E-state index >= 15 is 0 Å². The third kappa shape index (κ3) is 3.51. The number of ether oxygens (including phenoxy) is 1. The maximum atomic E-state index is 11.8. The second kappa shape index (κ2) is 5.32. The Hall–Kier alpha value is -1.45. The molecule has 0 N–H and O–H groups in total. The van der Waals surface area contributed by atoms with Gasteiger partial charge < -0.3 is 4.74 Å². The zero-order chi connectivity index (χ0) is 10.4. The molecule has 0 atom stereocenters. The fourth-order valence-corrected chi connectivity index (χ4v) is 0.859. The number of aryl methyl sites for hydroxylation is 1. The van der Waals surface area contributed by atoms with Gasteiger partial charge in [-0.15, -0.1) is 0 Å². The number of rotatable bonds is 4. The van der Waals surface area contributed by atoms with Gasteiger partial charge in [0.1, 0.15) is 19.1 Å². The molecule has 1 rings (SSSR count). The molecule has 0 radical (unpaired) electrons. The van der Waals surface area contributed by atoms with Gasteiger partial charge in [0.05, 0.1) is 5.76 Å². The van der Waals surface area contributed by atoms with Gasteiger partial charge in [-0.1, -0.05) is 0 Å². The highest BCUT2D eigenvalue weighted by Crippen LogP contribution is 2.03. The van der Waals surface area contributed by atoms with Crippen molar-refractivity contribution >= 4 is 0 Å². The van der Waals surface area contributed by atoms with Crippen LogP contribution in [0.3, 0.4) is 0 Å². The van der Waals surface area contributed by atoms with E-state index < -0.39 is 6.67 Å². The van der Waals surface area contributed by atoms with Gasteiger partial charge in [-0.2, -0.15) is 0 Å². The Balaban J connectivity index is 2.46. The first-order valence-corrected chi connectivity index (χ1v) is 4.35. The van der Waals surface area contributed by atoms with E-state index in [0.717, 1.165) is 11.4 Å². The largest absolute Gasteiger partial charge is 0.494 e. The smallest absolute Gasteiger partial charge is 0.125 e. The molecule has 0 bridgehead atoms. The Morgan fingerprint density at radius 3 is 2.71 bits per heavy atom. The maximum absolute atomic E-state index is 11.8. The molecular weight excluding hydrogens is 183 g/mol. The SMILES string of the molecule is CC(=CCF)OCc1cnc(C)nc1. The summed E-state index contributed by atoms with van der Waals surface area (Å²) in [5.74, 6) is 1.30. The minimum absolute atomic E-state index is 0.378. The highest BCUT2D eigenvalue weighted by molar-refractivity contribution is 5.03. The molecule has 14 heavy (non-hydrogen) atoms. The van der Waals surface area contributed by atoms with Crippen LogP contribution in [0, 0.1) is 6.92 Å². The average Bonchev–Trinajstić information content (AvgIpc) is 2.17. The van der Waals surface area contributed by atoms with E-state index in [9.17, 15) is 4.39 Å². The fraction of sp³-hybridized carbons (Fsp3) is 0.400. The van der Waals surface area contributed by atoms with Crippen molar-refractivity contribution in [3.63, 3.8) is 0 Å². The van der Waals surface area contributed by atoms with Crippen LogP contribution < -0.4 is 0 Å². The Morgan fingerprint density at radius 2 is 2.14 bits per heavy atom. The van der Waals surface area contributed by atoms with Crippen molar-refractivity contribution in [2.75, 3.05) is 6.67 Å². The summed E-state index contributed by atoms with van der Waals surface area (Å²) in [6.45, 7) is 3.41. The molecule has 0 saturated heterocycles. The quantitative estimate of drug-likeness (QED) is 0.692. The number of allylic oxidation sites excluding steroid dienone is 2. The average molecular weight is 196 g/mol. The number of alkyl halides is 1. The normalized spacial score (nSPS) is 11.5. The van der Waals surface area contributed by atoms with Crippen molar-refractivity contribution in [2.24, 2.45) is 0 Å². The van der Waals surface area contributed by atoms with Crippen molar-refractivity contribution in [2.45, 2.75) is 20.5 Å². The number of nitrogens with zero attached hydrogens (tertiary/aromatic N) is 2. The minimum Gasteiger partial charge on any atom is -0.494 e. The molecule has 3 nitrogen and oxygen atoms in total. The summed E-state index contributed by atoms with van der Waals surface area (Å²) in [6.07, 6.45) is 4.78. The van der Waals surface area contributed by atoms with Crippen LogP contribution >= 0.6 is 0 Å². The van der Waals surface area contributed by atoms with Gasteiger partial charge in [0.15, 0.2) is 0 Å². The third-order valence-electron chi connectivity index (χ3n) is 1.67. The molecule has 0 spiro atoms. The molecular formula is C10H13FN2O. The van der Waals surface area contributed by atoms with Crippen molar-refractivity contribution in [1.29, 1.82) is 0 Å². The number of halogens is 1. The van der Waals surface area contributed by atoms with Crippen molar-refractivity contribution in [3.05, 3.63) is 35.6 Å². The zero-order valence-corrected chi connectivity index (χ0v) is 8.33. The summed E-state index contributed by atoms with van der Waals surface area (Å²) in [6, 6.07) is 0. The van der Waals surface area contributed by atoms with E-state index in [2.05, 4.69) is 9.97 Å². The second-order valence-corrected chi connectivity index (χ2v) is 2.90. The standard InChI is InChI=1S/C10H13FN2O/c1-8(3-4-11)14-7-10-5-12-9(2)13-6-10/h3,5-6H,4,7H2,1-2H3. The Labute approximate surface area is 82.6 Å². The van der Waals surface area contributed by atoms with Gasteiger partial charge in [0, 0.05) is 18.0 Å². The predicted octanol–water partition coefficient (Wildman–Crippen LogP) is 2.17. The third-order valence-corrected chi connectivity index (χ3v) is 1.67. The monoisotopic (exact) mass is 196 g/mol. The summed E-state index contributed by atoms with van der Waals surface area (Å²) in [4.78, 5) is 8.04. The molecule has 0 aliphatic carbocycles. The first-order valence-electron chi connectivity index (χ1n) is 4.35. The highest BCUT2D eigenvalue weighted by atomic mass is 19.1. The lowest BCUT2D eigenvalue weighted by molar-refractivity contribution is 0.198. The molecule has 0 aliphatic heterocycles. The van der Waals surface area contributed by atoms with E-state index in [4.69, 9.17) is 4.74 Å². The molecule has 0 unspecified atom stereocenters. The number of hydrogen-bond donors (Lipinski definition) is 0. The van der Waals surface area contributed by atoms with E-state index in [1.807, 2.05) is 6.92 Å². The maximum Gasteiger partial charge on any atom is 0.125 e. The molecule has 1 heterocycles. The van der Waals surface area contributed by atoms with Gasteiger partial charge in [0.2, 0.25) is 0 Å². The Bertz CT molecular complexity index is 308. The number of aromatic nitrogens is 2. The first-order chi connectivity index (χ1) is 6.72. The first kappa shape index (κ1) is 10.6. The Morgan fingerprint density at radius 1 is 1.50 bits per heavy atom. The van der Waals surface area contributed by atoms with Gasteiger partial charge >= 0.3 is 0 Å². The topological polar surface area (TPSA) is 35.0 Å². The van der Waals surface area contributed by atoms with E-state index in [0.29, 0.717) is 12.4 Å². The van der Waals surface area contributed by atoms with E-state index in [-0.39, 0.29) is 0 Å². The van der Waals surface area contributed by atoms with Crippen LogP contribution in [0.25, 0.3) is 0 Å². The predicted molar refractivity (Wildman–Crippen MR) is 51.3 cm³/mol. The van der Waals surface area contributed by atoms with Crippen LogP contribution in [0.1, 0.15) is 18.3 Å². The van der Waals surface area contributed by atoms with Crippen molar-refractivity contribution in [1.82, 2.24) is 9.97 Å². The number of hydrogen-bond acceptors (Lipinski definition) is 3. The summed E-state index contributed by atoms with van der Waals surface area (Å²) < 4.78 is 17.1. The lowest BCUT2D eigenvalue weighted by Gasteiger charge is -2.05. The van der Waals surface area contributed by atoms with E-state index in [1.165, 1.54) is 6.08 Å². The van der Waals surface area contributed by atoms with Gasteiger partial charge in [-0.3, -0.25) is 0 Å². The van der Waals surface area contributed by atoms with Crippen molar-refractivity contribution in [3.8, 4) is 0 Å². The zero-order valence-electron chi connectivity index (χ0n) is 8.33. The summed E-state index contributed by atoms with van der Waals surface area (Å²) in [7, 11) is 0. The molecule has 4 heteroatoms. The molecule has 0 aliphatic rings. The fourth-order valence-electron chi connectivity index (χ4n) is 0.859. The molecule has 1 aromatic heterocycles. The van der Waals surface area contributed by atoms with Crippen LogP contribution in [0.5, 0.6) is 0 Å². The van der Waals surface area contributed by atoms with E-state index in [1.54, 1.807) is 19.3 Å². The summed E-state index contributed by atoms with van der Waals surface area (Å²) in [5.41, 5.74) is 0.877. The van der Waals surface area contributed by atoms with Crippen LogP contribution in [-0.4, -0.2) is 16.6 Å². The molecule has 1 aromatic rings. The second-order valence-electron chi connectivity index (χ2n) is 2.90. The van der Waals surface area contributed by atoms with Crippen molar-refractivity contribution < 1.29 is 9.13 Å². The lowest BCUT2D eigenvalue weighted by Crippen LogP contribution is -1.95. The molecule has 76 valence electrons. The van der Waals surface area contributed by atoms with Gasteiger partial charge in [-0.05, 0) is 19.9 Å². The van der Waals surface area contributed by atoms with Crippen LogP contribution in [0.15, 0.2) is 24.2 Å².